The molecule has 0 amide bonds. The van der Waals surface area contributed by atoms with E-state index in [1.54, 1.807) is 13.1 Å². The summed E-state index contributed by atoms with van der Waals surface area (Å²) in [5.41, 5.74) is 7.02. The van der Waals surface area contributed by atoms with Crippen molar-refractivity contribution in [2.75, 3.05) is 6.61 Å². The number of hydrogen-bond donors (Lipinski definition) is 1. The molecule has 0 atom stereocenters. The molecule has 104 valence electrons. The molecule has 1 heterocycles. The molecule has 0 spiro atoms. The highest BCUT2D eigenvalue weighted by Crippen LogP contribution is 2.22. The lowest BCUT2D eigenvalue weighted by atomic mass is 10.1. The van der Waals surface area contributed by atoms with E-state index in [9.17, 15) is 4.79 Å². The lowest BCUT2D eigenvalue weighted by Gasteiger charge is -2.08. The van der Waals surface area contributed by atoms with Crippen LogP contribution in [0.1, 0.15) is 12.5 Å². The van der Waals surface area contributed by atoms with Gasteiger partial charge in [0, 0.05) is 12.6 Å². The third-order valence-corrected chi connectivity index (χ3v) is 2.99. The molecule has 0 aliphatic heterocycles. The quantitative estimate of drug-likeness (QED) is 0.863. The summed E-state index contributed by atoms with van der Waals surface area (Å²) in [7, 11) is 1.57. The first-order valence-electron chi connectivity index (χ1n) is 6.14. The Hall–Kier alpha value is -2.21. The number of ether oxygens (including phenoxy) is 1. The molecule has 0 radical (unpaired) electrons. The number of hydrogen-bond acceptors (Lipinski definition) is 4. The number of thiocarbonyl (C=S) groups is 1. The first-order valence-corrected chi connectivity index (χ1v) is 6.55. The second-order valence-electron chi connectivity index (χ2n) is 4.20. The molecule has 2 aromatic rings. The number of rotatable bonds is 4. The highest BCUT2D eigenvalue weighted by molar-refractivity contribution is 7.80. The van der Waals surface area contributed by atoms with Gasteiger partial charge in [-0.3, -0.25) is 4.79 Å². The van der Waals surface area contributed by atoms with E-state index in [4.69, 9.17) is 22.7 Å². The number of nitrogens with two attached hydrogens (primary N) is 1. The molecule has 0 unspecified atom stereocenters. The van der Waals surface area contributed by atoms with E-state index in [0.717, 1.165) is 11.3 Å². The smallest absolute Gasteiger partial charge is 0.276 e. The van der Waals surface area contributed by atoms with Crippen molar-refractivity contribution in [3.8, 4) is 17.0 Å². The van der Waals surface area contributed by atoms with Crippen LogP contribution < -0.4 is 16.0 Å². The summed E-state index contributed by atoms with van der Waals surface area (Å²) in [5, 5.41) is 4.22. The summed E-state index contributed by atoms with van der Waals surface area (Å²) in [6.07, 6.45) is 0. The zero-order chi connectivity index (χ0) is 14.7. The molecular weight excluding hydrogens is 274 g/mol. The third kappa shape index (κ3) is 2.85. The Morgan fingerprint density at radius 1 is 1.45 bits per heavy atom. The van der Waals surface area contributed by atoms with Crippen molar-refractivity contribution in [3.63, 3.8) is 0 Å². The highest BCUT2D eigenvalue weighted by atomic mass is 32.1. The fourth-order valence-electron chi connectivity index (χ4n) is 1.84. The zero-order valence-electron chi connectivity index (χ0n) is 11.3. The molecular formula is C14H15N3O2S. The van der Waals surface area contributed by atoms with Crippen LogP contribution in [0.3, 0.4) is 0 Å². The SMILES string of the molecule is CCOc1cccc(-c2cc(C(N)=S)c(=O)n(C)n2)c1. The monoisotopic (exact) mass is 289 g/mol. The van der Waals surface area contributed by atoms with Gasteiger partial charge in [0.1, 0.15) is 10.7 Å². The minimum absolute atomic E-state index is 0.0650. The molecule has 0 saturated heterocycles. The van der Waals surface area contributed by atoms with Crippen LogP contribution in [0.2, 0.25) is 0 Å². The van der Waals surface area contributed by atoms with E-state index in [-0.39, 0.29) is 16.1 Å². The van der Waals surface area contributed by atoms with Crippen LogP contribution in [-0.2, 0) is 7.05 Å². The van der Waals surface area contributed by atoms with Crippen molar-refractivity contribution in [2.45, 2.75) is 6.92 Å². The van der Waals surface area contributed by atoms with Gasteiger partial charge in [-0.15, -0.1) is 0 Å². The summed E-state index contributed by atoms with van der Waals surface area (Å²) >= 11 is 4.90. The first kappa shape index (κ1) is 14.2. The Balaban J connectivity index is 2.55. The van der Waals surface area contributed by atoms with Crippen molar-refractivity contribution in [3.05, 3.63) is 46.2 Å². The van der Waals surface area contributed by atoms with Gasteiger partial charge in [-0.2, -0.15) is 5.10 Å². The van der Waals surface area contributed by atoms with E-state index in [1.807, 2.05) is 31.2 Å². The van der Waals surface area contributed by atoms with Gasteiger partial charge >= 0.3 is 0 Å². The minimum Gasteiger partial charge on any atom is -0.494 e. The number of nitrogens with zero attached hydrogens (tertiary/aromatic N) is 2. The zero-order valence-corrected chi connectivity index (χ0v) is 12.1. The van der Waals surface area contributed by atoms with Crippen molar-refractivity contribution in [1.29, 1.82) is 0 Å². The van der Waals surface area contributed by atoms with Crippen molar-refractivity contribution < 1.29 is 4.74 Å². The maximum Gasteiger partial charge on any atom is 0.276 e. The molecule has 20 heavy (non-hydrogen) atoms. The van der Waals surface area contributed by atoms with Crippen LogP contribution in [0.15, 0.2) is 35.1 Å². The Morgan fingerprint density at radius 3 is 2.85 bits per heavy atom. The maximum absolute atomic E-state index is 11.9. The van der Waals surface area contributed by atoms with Crippen LogP contribution in [0.4, 0.5) is 0 Å². The molecule has 2 N–H and O–H groups in total. The molecule has 0 saturated carbocycles. The number of benzene rings is 1. The molecule has 6 heteroatoms. The second-order valence-corrected chi connectivity index (χ2v) is 4.64. The second kappa shape index (κ2) is 5.83. The summed E-state index contributed by atoms with van der Waals surface area (Å²) in [6, 6.07) is 9.09. The van der Waals surface area contributed by atoms with Gasteiger partial charge in [0.2, 0.25) is 0 Å². The molecule has 0 aliphatic rings. The van der Waals surface area contributed by atoms with E-state index >= 15 is 0 Å². The summed E-state index contributed by atoms with van der Waals surface area (Å²) < 4.78 is 6.69. The Kier molecular flexibility index (Phi) is 4.14. The molecule has 5 nitrogen and oxygen atoms in total. The van der Waals surface area contributed by atoms with Crippen molar-refractivity contribution in [1.82, 2.24) is 9.78 Å². The van der Waals surface area contributed by atoms with Gasteiger partial charge in [-0.25, -0.2) is 4.68 Å². The number of aryl methyl sites for hydroxylation is 1. The normalized spacial score (nSPS) is 10.3. The molecule has 1 aromatic heterocycles. The standard InChI is InChI=1S/C14H15N3O2S/c1-3-19-10-6-4-5-9(7-10)12-8-11(13(15)20)14(18)17(2)16-12/h4-8H,3H2,1-2H3,(H2,15,20). The van der Waals surface area contributed by atoms with Crippen LogP contribution in [0.5, 0.6) is 5.75 Å². The van der Waals surface area contributed by atoms with E-state index in [1.165, 1.54) is 4.68 Å². The summed E-state index contributed by atoms with van der Waals surface area (Å²) in [5.74, 6) is 0.748. The van der Waals surface area contributed by atoms with E-state index in [2.05, 4.69) is 5.10 Å². The van der Waals surface area contributed by atoms with Crippen molar-refractivity contribution >= 4 is 17.2 Å². The average molecular weight is 289 g/mol. The molecule has 0 bridgehead atoms. The Morgan fingerprint density at radius 2 is 2.20 bits per heavy atom. The highest BCUT2D eigenvalue weighted by Gasteiger charge is 2.10. The largest absolute Gasteiger partial charge is 0.494 e. The van der Waals surface area contributed by atoms with Gasteiger partial charge < -0.3 is 10.5 Å². The Labute approximate surface area is 122 Å². The van der Waals surface area contributed by atoms with E-state index in [0.29, 0.717) is 12.3 Å². The topological polar surface area (TPSA) is 70.1 Å². The van der Waals surface area contributed by atoms with E-state index < -0.39 is 0 Å². The van der Waals surface area contributed by atoms with Gasteiger partial charge in [-0.1, -0.05) is 24.4 Å². The van der Waals surface area contributed by atoms with Gasteiger partial charge in [-0.05, 0) is 25.1 Å². The fraction of sp³-hybridized carbons (Fsp3) is 0.214. The van der Waals surface area contributed by atoms with Crippen LogP contribution in [0.25, 0.3) is 11.3 Å². The Bertz CT molecular complexity index is 710. The molecule has 0 fully saturated rings. The molecule has 2 rings (SSSR count). The third-order valence-electron chi connectivity index (χ3n) is 2.77. The molecule has 1 aromatic carbocycles. The van der Waals surface area contributed by atoms with Gasteiger partial charge in [0.05, 0.1) is 17.9 Å². The maximum atomic E-state index is 11.9. The molecule has 0 aliphatic carbocycles. The van der Waals surface area contributed by atoms with Crippen LogP contribution >= 0.6 is 12.2 Å². The fourth-order valence-corrected chi connectivity index (χ4v) is 1.98. The lowest BCUT2D eigenvalue weighted by Crippen LogP contribution is -2.29. The van der Waals surface area contributed by atoms with Gasteiger partial charge in [0.15, 0.2) is 0 Å². The minimum atomic E-state index is -0.304. The number of aromatic nitrogens is 2. The predicted octanol–water partition coefficient (Wildman–Crippen LogP) is 1.48. The summed E-state index contributed by atoms with van der Waals surface area (Å²) in [6.45, 7) is 2.50. The van der Waals surface area contributed by atoms with Crippen LogP contribution in [-0.4, -0.2) is 21.4 Å². The van der Waals surface area contributed by atoms with Gasteiger partial charge in [0.25, 0.3) is 5.56 Å². The average Bonchev–Trinajstić information content (AvgIpc) is 2.42. The van der Waals surface area contributed by atoms with Crippen molar-refractivity contribution in [2.24, 2.45) is 12.8 Å². The first-order chi connectivity index (χ1) is 9.52. The van der Waals surface area contributed by atoms with Crippen LogP contribution in [0, 0.1) is 0 Å². The predicted molar refractivity (Wildman–Crippen MR) is 82.0 cm³/mol. The lowest BCUT2D eigenvalue weighted by molar-refractivity contribution is 0.340. The summed E-state index contributed by atoms with van der Waals surface area (Å²) in [4.78, 5) is 11.9.